The molecule has 0 aliphatic carbocycles. The van der Waals surface area contributed by atoms with E-state index in [0.717, 1.165) is 24.8 Å². The van der Waals surface area contributed by atoms with Crippen molar-refractivity contribution in [1.82, 2.24) is 4.90 Å². The van der Waals surface area contributed by atoms with Crippen molar-refractivity contribution in [2.24, 2.45) is 11.1 Å². The van der Waals surface area contributed by atoms with Gasteiger partial charge in [-0.05, 0) is 37.0 Å². The number of halogens is 1. The van der Waals surface area contributed by atoms with Gasteiger partial charge in [0, 0.05) is 30.5 Å². The molecule has 122 valence electrons. The summed E-state index contributed by atoms with van der Waals surface area (Å²) >= 11 is 0. The fourth-order valence-corrected chi connectivity index (χ4v) is 3.62. The summed E-state index contributed by atoms with van der Waals surface area (Å²) in [5, 5.41) is 0. The number of hydrogen-bond acceptors (Lipinski definition) is 2. The van der Waals surface area contributed by atoms with Gasteiger partial charge in [0.05, 0.1) is 0 Å². The van der Waals surface area contributed by atoms with E-state index in [-0.39, 0.29) is 29.1 Å². The second kappa shape index (κ2) is 6.78. The minimum absolute atomic E-state index is 0.0166. The molecule has 0 bridgehead atoms. The van der Waals surface area contributed by atoms with Crippen LogP contribution in [0, 0.1) is 11.2 Å². The second-order valence-corrected chi connectivity index (χ2v) is 6.38. The van der Waals surface area contributed by atoms with Crippen molar-refractivity contribution in [3.8, 4) is 0 Å². The molecule has 1 aromatic rings. The second-order valence-electron chi connectivity index (χ2n) is 6.38. The van der Waals surface area contributed by atoms with E-state index >= 15 is 0 Å². The van der Waals surface area contributed by atoms with Gasteiger partial charge in [-0.3, -0.25) is 4.79 Å². The first kappa shape index (κ1) is 16.9. The van der Waals surface area contributed by atoms with Crippen LogP contribution in [0.2, 0.25) is 0 Å². The van der Waals surface area contributed by atoms with Crippen LogP contribution in [0.1, 0.15) is 51.5 Å². The molecule has 2 atom stereocenters. The molecule has 1 aromatic carbocycles. The topological polar surface area (TPSA) is 46.3 Å². The maximum absolute atomic E-state index is 13.4. The van der Waals surface area contributed by atoms with Crippen LogP contribution in [0.3, 0.4) is 0 Å². The number of benzene rings is 1. The summed E-state index contributed by atoms with van der Waals surface area (Å²) in [5.41, 5.74) is 6.85. The quantitative estimate of drug-likeness (QED) is 0.907. The van der Waals surface area contributed by atoms with Crippen LogP contribution in [0.4, 0.5) is 4.39 Å². The van der Waals surface area contributed by atoms with Crippen LogP contribution in [0.5, 0.6) is 0 Å². The molecule has 1 heterocycles. The monoisotopic (exact) mass is 306 g/mol. The van der Waals surface area contributed by atoms with Crippen LogP contribution in [0.15, 0.2) is 24.3 Å². The Morgan fingerprint density at radius 1 is 1.27 bits per heavy atom. The molecule has 4 heteroatoms. The Morgan fingerprint density at radius 2 is 1.91 bits per heavy atom. The van der Waals surface area contributed by atoms with Gasteiger partial charge in [0.2, 0.25) is 5.91 Å². The van der Waals surface area contributed by atoms with Gasteiger partial charge in [-0.2, -0.15) is 0 Å². The number of carbonyl (C=O) groups excluding carboxylic acids is 1. The number of amides is 1. The molecule has 1 saturated heterocycles. The minimum Gasteiger partial charge on any atom is -0.340 e. The van der Waals surface area contributed by atoms with Gasteiger partial charge in [-0.25, -0.2) is 4.39 Å². The van der Waals surface area contributed by atoms with Crippen molar-refractivity contribution in [2.75, 3.05) is 13.1 Å². The van der Waals surface area contributed by atoms with Gasteiger partial charge >= 0.3 is 0 Å². The lowest BCUT2D eigenvalue weighted by atomic mass is 9.78. The number of likely N-dealkylation sites (tertiary alicyclic amines) is 1. The first-order chi connectivity index (χ1) is 10.5. The first-order valence-corrected chi connectivity index (χ1v) is 8.27. The number of nitrogens with zero attached hydrogens (tertiary/aromatic N) is 1. The highest BCUT2D eigenvalue weighted by Gasteiger charge is 2.41. The fraction of sp³-hybridized carbons (Fsp3) is 0.611. The Hall–Kier alpha value is -1.42. The maximum Gasteiger partial charge on any atom is 0.228 e. The highest BCUT2D eigenvalue weighted by molar-refractivity contribution is 5.83. The SMILES string of the molecule is CCC(CC)(CC)C(=O)N1C[C@@H](N)[C@H](c2cccc(F)c2)C1. The number of hydrogen-bond donors (Lipinski definition) is 1. The number of carbonyl (C=O) groups is 1. The summed E-state index contributed by atoms with van der Waals surface area (Å²) in [5.74, 6) is -0.0308. The van der Waals surface area contributed by atoms with Gasteiger partial charge in [0.25, 0.3) is 0 Å². The summed E-state index contributed by atoms with van der Waals surface area (Å²) < 4.78 is 13.4. The Kier molecular flexibility index (Phi) is 5.22. The van der Waals surface area contributed by atoms with Gasteiger partial charge in [-0.15, -0.1) is 0 Å². The molecule has 1 amide bonds. The lowest BCUT2D eigenvalue weighted by Gasteiger charge is -2.33. The van der Waals surface area contributed by atoms with Crippen molar-refractivity contribution in [3.63, 3.8) is 0 Å². The molecular weight excluding hydrogens is 279 g/mol. The number of nitrogens with two attached hydrogens (primary N) is 1. The molecule has 0 saturated carbocycles. The molecule has 0 unspecified atom stereocenters. The Bertz CT molecular complexity index is 519. The summed E-state index contributed by atoms with van der Waals surface area (Å²) in [6.07, 6.45) is 2.53. The molecule has 3 nitrogen and oxygen atoms in total. The lowest BCUT2D eigenvalue weighted by Crippen LogP contribution is -2.43. The van der Waals surface area contributed by atoms with E-state index in [1.54, 1.807) is 6.07 Å². The van der Waals surface area contributed by atoms with E-state index in [1.165, 1.54) is 12.1 Å². The lowest BCUT2D eigenvalue weighted by molar-refractivity contribution is -0.142. The highest BCUT2D eigenvalue weighted by atomic mass is 19.1. The van der Waals surface area contributed by atoms with E-state index in [2.05, 4.69) is 20.8 Å². The predicted octanol–water partition coefficient (Wildman–Crippen LogP) is 3.30. The van der Waals surface area contributed by atoms with Crippen LogP contribution in [-0.2, 0) is 4.79 Å². The zero-order valence-electron chi connectivity index (χ0n) is 13.8. The van der Waals surface area contributed by atoms with Gasteiger partial charge in [0.15, 0.2) is 0 Å². The Balaban J connectivity index is 2.18. The van der Waals surface area contributed by atoms with E-state index in [9.17, 15) is 9.18 Å². The van der Waals surface area contributed by atoms with E-state index in [1.807, 2.05) is 11.0 Å². The summed E-state index contributed by atoms with van der Waals surface area (Å²) in [7, 11) is 0. The van der Waals surface area contributed by atoms with Crippen LogP contribution in [0.25, 0.3) is 0 Å². The van der Waals surface area contributed by atoms with Gasteiger partial charge < -0.3 is 10.6 Å². The van der Waals surface area contributed by atoms with E-state index in [0.29, 0.717) is 13.1 Å². The number of rotatable bonds is 5. The fourth-order valence-electron chi connectivity index (χ4n) is 3.62. The zero-order valence-corrected chi connectivity index (χ0v) is 13.8. The van der Waals surface area contributed by atoms with Crippen LogP contribution >= 0.6 is 0 Å². The molecule has 0 radical (unpaired) electrons. The average molecular weight is 306 g/mol. The average Bonchev–Trinajstić information content (AvgIpc) is 2.91. The normalized spacial score (nSPS) is 22.1. The zero-order chi connectivity index (χ0) is 16.3. The largest absolute Gasteiger partial charge is 0.340 e. The van der Waals surface area contributed by atoms with Gasteiger partial charge in [-0.1, -0.05) is 32.9 Å². The molecule has 0 aromatic heterocycles. The third-order valence-corrected chi connectivity index (χ3v) is 5.41. The third-order valence-electron chi connectivity index (χ3n) is 5.41. The molecule has 1 fully saturated rings. The smallest absolute Gasteiger partial charge is 0.228 e. The first-order valence-electron chi connectivity index (χ1n) is 8.27. The molecular formula is C18H27FN2O. The molecule has 2 N–H and O–H groups in total. The highest BCUT2D eigenvalue weighted by Crippen LogP contribution is 2.36. The van der Waals surface area contributed by atoms with Crippen molar-refractivity contribution < 1.29 is 9.18 Å². The van der Waals surface area contributed by atoms with Crippen LogP contribution in [-0.4, -0.2) is 29.9 Å². The van der Waals surface area contributed by atoms with Crippen molar-refractivity contribution >= 4 is 5.91 Å². The summed E-state index contributed by atoms with van der Waals surface area (Å²) in [6, 6.07) is 6.44. The molecule has 2 rings (SSSR count). The molecule has 1 aliphatic rings. The predicted molar refractivity (Wildman–Crippen MR) is 87.0 cm³/mol. The molecule has 22 heavy (non-hydrogen) atoms. The summed E-state index contributed by atoms with van der Waals surface area (Å²) in [4.78, 5) is 14.8. The van der Waals surface area contributed by atoms with Crippen molar-refractivity contribution in [1.29, 1.82) is 0 Å². The van der Waals surface area contributed by atoms with Crippen LogP contribution < -0.4 is 5.73 Å². The Morgan fingerprint density at radius 3 is 2.45 bits per heavy atom. The maximum atomic E-state index is 13.4. The van der Waals surface area contributed by atoms with E-state index < -0.39 is 0 Å². The minimum atomic E-state index is -0.281. The van der Waals surface area contributed by atoms with Crippen molar-refractivity contribution in [2.45, 2.75) is 52.0 Å². The molecule has 0 spiro atoms. The van der Waals surface area contributed by atoms with E-state index in [4.69, 9.17) is 5.73 Å². The van der Waals surface area contributed by atoms with Crippen molar-refractivity contribution in [3.05, 3.63) is 35.6 Å². The molecule has 1 aliphatic heterocycles. The standard InChI is InChI=1S/C18H27FN2O/c1-4-18(5-2,6-3)17(22)21-11-15(16(20)12-21)13-8-7-9-14(19)10-13/h7-10,15-16H,4-6,11-12,20H2,1-3H3/t15-,16+/m0/s1. The Labute approximate surface area is 132 Å². The summed E-state index contributed by atoms with van der Waals surface area (Å²) in [6.45, 7) is 7.37. The van der Waals surface area contributed by atoms with Gasteiger partial charge in [0.1, 0.15) is 5.82 Å². The third kappa shape index (κ3) is 3.02.